The number of benzene rings is 1. The summed E-state index contributed by atoms with van der Waals surface area (Å²) in [6, 6.07) is 10.8. The van der Waals surface area contributed by atoms with Crippen molar-refractivity contribution in [2.75, 3.05) is 6.54 Å². The van der Waals surface area contributed by atoms with E-state index in [4.69, 9.17) is 11.6 Å². The van der Waals surface area contributed by atoms with Crippen molar-refractivity contribution in [2.45, 2.75) is 25.8 Å². The molecule has 1 aromatic carbocycles. The highest BCUT2D eigenvalue weighted by molar-refractivity contribution is 9.11. The summed E-state index contributed by atoms with van der Waals surface area (Å²) in [4.78, 5) is 1.37. The molecule has 0 aliphatic heterocycles. The fourth-order valence-corrected chi connectivity index (χ4v) is 3.98. The quantitative estimate of drug-likeness (QED) is 0.566. The lowest BCUT2D eigenvalue weighted by Crippen LogP contribution is -2.23. The van der Waals surface area contributed by atoms with Gasteiger partial charge in [-0.1, -0.05) is 24.6 Å². The highest BCUT2D eigenvalue weighted by Crippen LogP contribution is 2.30. The molecule has 1 aromatic heterocycles. The molecule has 0 spiro atoms. The Morgan fingerprint density at radius 3 is 2.65 bits per heavy atom. The fraction of sp³-hybridized carbons (Fsp3) is 0.333. The summed E-state index contributed by atoms with van der Waals surface area (Å²) in [5.41, 5.74) is 1.23. The van der Waals surface area contributed by atoms with Gasteiger partial charge in [0.25, 0.3) is 0 Å². The van der Waals surface area contributed by atoms with Gasteiger partial charge in [-0.2, -0.15) is 0 Å². The molecule has 1 nitrogen and oxygen atoms in total. The lowest BCUT2D eigenvalue weighted by Gasteiger charge is -2.19. The smallest absolute Gasteiger partial charge is 0.0701 e. The van der Waals surface area contributed by atoms with Gasteiger partial charge in [-0.05, 0) is 74.7 Å². The third-order valence-corrected chi connectivity index (χ3v) is 5.90. The Morgan fingerprint density at radius 2 is 2.05 bits per heavy atom. The molecule has 0 aliphatic rings. The second-order valence-corrected chi connectivity index (χ2v) is 8.40. The number of rotatable bonds is 6. The molecule has 1 heterocycles. The fourth-order valence-electron chi connectivity index (χ4n) is 2.02. The van der Waals surface area contributed by atoms with Crippen molar-refractivity contribution in [1.82, 2.24) is 5.32 Å². The van der Waals surface area contributed by atoms with Crippen LogP contribution in [-0.2, 0) is 6.42 Å². The Labute approximate surface area is 146 Å². The van der Waals surface area contributed by atoms with Gasteiger partial charge < -0.3 is 5.32 Å². The van der Waals surface area contributed by atoms with Crippen molar-refractivity contribution in [2.24, 2.45) is 0 Å². The summed E-state index contributed by atoms with van der Waals surface area (Å²) < 4.78 is 2.12. The molecule has 2 rings (SSSR count). The average Bonchev–Trinajstić information content (AvgIpc) is 2.83. The van der Waals surface area contributed by atoms with Crippen LogP contribution in [0.4, 0.5) is 0 Å². The number of thiophene rings is 1. The molecule has 0 bridgehead atoms. The van der Waals surface area contributed by atoms with E-state index in [9.17, 15) is 0 Å². The van der Waals surface area contributed by atoms with E-state index in [0.717, 1.165) is 28.9 Å². The molecule has 1 atom stereocenters. The zero-order valence-electron chi connectivity index (χ0n) is 11.1. The van der Waals surface area contributed by atoms with Crippen LogP contribution in [0.3, 0.4) is 0 Å². The van der Waals surface area contributed by atoms with Crippen molar-refractivity contribution < 1.29 is 0 Å². The van der Waals surface area contributed by atoms with Crippen molar-refractivity contribution in [1.29, 1.82) is 0 Å². The maximum atomic E-state index is 6.22. The number of hydrogen-bond donors (Lipinski definition) is 1. The zero-order valence-corrected chi connectivity index (χ0v) is 15.9. The van der Waals surface area contributed by atoms with Crippen LogP contribution in [0.15, 0.2) is 38.6 Å². The van der Waals surface area contributed by atoms with Gasteiger partial charge in [-0.3, -0.25) is 0 Å². The van der Waals surface area contributed by atoms with Crippen molar-refractivity contribution in [3.63, 3.8) is 0 Å². The molecule has 1 unspecified atom stereocenters. The molecule has 0 saturated carbocycles. The molecular weight excluding hydrogens is 422 g/mol. The maximum absolute atomic E-state index is 6.22. The van der Waals surface area contributed by atoms with E-state index in [-0.39, 0.29) is 0 Å². The summed E-state index contributed by atoms with van der Waals surface area (Å²) in [6.07, 6.45) is 2.10. The molecule has 0 radical (unpaired) electrons. The normalized spacial score (nSPS) is 12.6. The van der Waals surface area contributed by atoms with Crippen LogP contribution in [0.25, 0.3) is 0 Å². The van der Waals surface area contributed by atoms with Crippen molar-refractivity contribution >= 4 is 54.8 Å². The van der Waals surface area contributed by atoms with Gasteiger partial charge in [-0.25, -0.2) is 0 Å². The number of hydrogen-bond acceptors (Lipinski definition) is 2. The third kappa shape index (κ3) is 4.57. The summed E-state index contributed by atoms with van der Waals surface area (Å²) in [5, 5.41) is 4.37. The molecule has 0 fully saturated rings. The van der Waals surface area contributed by atoms with Crippen LogP contribution in [0, 0.1) is 0 Å². The first-order valence-corrected chi connectivity index (χ1v) is 9.30. The topological polar surface area (TPSA) is 12.0 Å². The highest BCUT2D eigenvalue weighted by Gasteiger charge is 2.14. The SMILES string of the molecule is CCCNC(Cc1ccc(Br)s1)c1ccc(Br)c(Cl)c1. The summed E-state index contributed by atoms with van der Waals surface area (Å²) in [5.74, 6) is 0. The second kappa shape index (κ2) is 7.95. The zero-order chi connectivity index (χ0) is 14.5. The van der Waals surface area contributed by atoms with Crippen LogP contribution in [0.1, 0.15) is 29.8 Å². The van der Waals surface area contributed by atoms with Gasteiger partial charge in [-0.15, -0.1) is 11.3 Å². The molecule has 1 N–H and O–H groups in total. The summed E-state index contributed by atoms with van der Waals surface area (Å²) in [7, 11) is 0. The Balaban J connectivity index is 2.19. The Kier molecular flexibility index (Phi) is 6.56. The van der Waals surface area contributed by atoms with Gasteiger partial charge in [0.1, 0.15) is 0 Å². The molecule has 2 aromatic rings. The van der Waals surface area contributed by atoms with E-state index in [0.29, 0.717) is 6.04 Å². The Morgan fingerprint density at radius 1 is 1.25 bits per heavy atom. The van der Waals surface area contributed by atoms with Crippen LogP contribution < -0.4 is 5.32 Å². The van der Waals surface area contributed by atoms with Gasteiger partial charge in [0.2, 0.25) is 0 Å². The first-order chi connectivity index (χ1) is 9.60. The Bertz CT molecular complexity index is 571. The molecule has 20 heavy (non-hydrogen) atoms. The van der Waals surface area contributed by atoms with E-state index in [1.165, 1.54) is 14.2 Å². The van der Waals surface area contributed by atoms with E-state index < -0.39 is 0 Å². The minimum Gasteiger partial charge on any atom is -0.310 e. The van der Waals surface area contributed by atoms with Crippen molar-refractivity contribution in [3.05, 3.63) is 54.1 Å². The van der Waals surface area contributed by atoms with Gasteiger partial charge in [0.15, 0.2) is 0 Å². The maximum Gasteiger partial charge on any atom is 0.0701 e. The predicted octanol–water partition coefficient (Wildman–Crippen LogP) is 6.21. The third-order valence-electron chi connectivity index (χ3n) is 3.02. The molecule has 0 aliphatic carbocycles. The van der Waals surface area contributed by atoms with E-state index in [1.54, 1.807) is 11.3 Å². The van der Waals surface area contributed by atoms with E-state index >= 15 is 0 Å². The van der Waals surface area contributed by atoms with Gasteiger partial charge in [0.05, 0.1) is 8.81 Å². The average molecular weight is 438 g/mol. The van der Waals surface area contributed by atoms with Crippen LogP contribution in [0.5, 0.6) is 0 Å². The summed E-state index contributed by atoms with van der Waals surface area (Å²) in [6.45, 7) is 3.19. The lowest BCUT2D eigenvalue weighted by molar-refractivity contribution is 0.532. The van der Waals surface area contributed by atoms with E-state index in [2.05, 4.69) is 62.3 Å². The first kappa shape index (κ1) is 16.5. The minimum atomic E-state index is 0.297. The van der Waals surface area contributed by atoms with Crippen LogP contribution >= 0.6 is 54.8 Å². The molecule has 108 valence electrons. The standard InChI is InChI=1S/C15H16Br2ClNS/c1-2-7-19-14(9-11-4-6-15(17)20-11)10-3-5-12(16)13(18)8-10/h3-6,8,14,19H,2,7,9H2,1H3. The van der Waals surface area contributed by atoms with Crippen molar-refractivity contribution in [3.8, 4) is 0 Å². The van der Waals surface area contributed by atoms with Gasteiger partial charge in [0, 0.05) is 21.8 Å². The predicted molar refractivity (Wildman–Crippen MR) is 95.9 cm³/mol. The van der Waals surface area contributed by atoms with E-state index in [1.807, 2.05) is 12.1 Å². The lowest BCUT2D eigenvalue weighted by atomic mass is 10.0. The highest BCUT2D eigenvalue weighted by atomic mass is 79.9. The second-order valence-electron chi connectivity index (χ2n) is 4.59. The molecule has 0 amide bonds. The number of halogens is 3. The summed E-state index contributed by atoms with van der Waals surface area (Å²) >= 11 is 15.0. The van der Waals surface area contributed by atoms with Crippen LogP contribution in [0.2, 0.25) is 5.02 Å². The molecule has 5 heteroatoms. The molecular formula is C15H16Br2ClNS. The van der Waals surface area contributed by atoms with Crippen LogP contribution in [-0.4, -0.2) is 6.54 Å². The monoisotopic (exact) mass is 435 g/mol. The largest absolute Gasteiger partial charge is 0.310 e. The minimum absolute atomic E-state index is 0.297. The molecule has 0 saturated heterocycles. The first-order valence-electron chi connectivity index (χ1n) is 6.52. The van der Waals surface area contributed by atoms with Gasteiger partial charge >= 0.3 is 0 Å². The number of nitrogens with one attached hydrogen (secondary N) is 1. The Hall–Kier alpha value is 0.130.